The summed E-state index contributed by atoms with van der Waals surface area (Å²) in [7, 11) is 2.98. The summed E-state index contributed by atoms with van der Waals surface area (Å²) in [5, 5.41) is 0. The highest BCUT2D eigenvalue weighted by atomic mass is 16.7. The van der Waals surface area contributed by atoms with E-state index < -0.39 is 6.16 Å². The minimum Gasteiger partial charge on any atom is -0.431 e. The van der Waals surface area contributed by atoms with E-state index in [9.17, 15) is 4.79 Å². The van der Waals surface area contributed by atoms with Crippen LogP contribution in [0.4, 0.5) is 4.79 Å². The first-order valence-electron chi connectivity index (χ1n) is 4.37. The molecule has 0 heterocycles. The highest BCUT2D eigenvalue weighted by Gasteiger charge is 2.12. The van der Waals surface area contributed by atoms with E-state index in [4.69, 9.17) is 4.74 Å². The quantitative estimate of drug-likeness (QED) is 0.599. The van der Waals surface area contributed by atoms with E-state index in [1.54, 1.807) is 0 Å². The molecule has 1 radical (unpaired) electrons. The fraction of sp³-hybridized carbons (Fsp3) is 0.778. The lowest BCUT2D eigenvalue weighted by molar-refractivity contribution is 0.0378. The van der Waals surface area contributed by atoms with Crippen LogP contribution in [0.1, 0.15) is 39.5 Å². The summed E-state index contributed by atoms with van der Waals surface area (Å²) in [6.45, 7) is 4.11. The second kappa shape index (κ2) is 6.95. The van der Waals surface area contributed by atoms with Gasteiger partial charge in [0.15, 0.2) is 0 Å². The molecule has 0 aliphatic heterocycles. The molecule has 3 heteroatoms. The maximum absolute atomic E-state index is 10.7. The lowest BCUT2D eigenvalue weighted by atomic mass is 10.1. The van der Waals surface area contributed by atoms with Crippen molar-refractivity contribution in [3.05, 3.63) is 7.11 Å². The molecule has 71 valence electrons. The lowest BCUT2D eigenvalue weighted by Crippen LogP contribution is -2.17. The predicted octanol–water partition coefficient (Wildman–Crippen LogP) is 2.90. The van der Waals surface area contributed by atoms with Crippen molar-refractivity contribution in [3.63, 3.8) is 0 Å². The zero-order chi connectivity index (χ0) is 9.40. The average Bonchev–Trinajstić information content (AvgIpc) is 2.05. The van der Waals surface area contributed by atoms with E-state index in [1.165, 1.54) is 0 Å². The highest BCUT2D eigenvalue weighted by molar-refractivity contribution is 5.60. The number of carbonyl (C=O) groups excluding carboxylic acids is 1. The fourth-order valence-electron chi connectivity index (χ4n) is 1.08. The Morgan fingerprint density at radius 2 is 1.83 bits per heavy atom. The van der Waals surface area contributed by atoms with Crippen molar-refractivity contribution in [2.45, 2.75) is 45.6 Å². The topological polar surface area (TPSA) is 35.5 Å². The Hall–Kier alpha value is -0.730. The van der Waals surface area contributed by atoms with Gasteiger partial charge in [0.2, 0.25) is 0 Å². The molecule has 0 fully saturated rings. The number of rotatable bonds is 5. The van der Waals surface area contributed by atoms with Gasteiger partial charge in [-0.25, -0.2) is 4.79 Å². The van der Waals surface area contributed by atoms with Gasteiger partial charge in [0.05, 0.1) is 0 Å². The van der Waals surface area contributed by atoms with Crippen LogP contribution in [0.3, 0.4) is 0 Å². The standard InChI is InChI=1S/C9H17O3/c1-4-6-8(7-5-2)12-9(10)11-3/h8H,3-7H2,1-2H3. The summed E-state index contributed by atoms with van der Waals surface area (Å²) >= 11 is 0. The molecule has 0 aliphatic rings. The Bertz CT molecular complexity index is 117. The summed E-state index contributed by atoms with van der Waals surface area (Å²) in [6, 6.07) is 0. The Balaban J connectivity index is 3.68. The first kappa shape index (κ1) is 11.3. The minimum atomic E-state index is -0.679. The van der Waals surface area contributed by atoms with E-state index in [1.807, 2.05) is 0 Å². The summed E-state index contributed by atoms with van der Waals surface area (Å²) in [5.74, 6) is 0. The second-order valence-electron chi connectivity index (χ2n) is 2.71. The Morgan fingerprint density at radius 1 is 1.33 bits per heavy atom. The monoisotopic (exact) mass is 173 g/mol. The molecule has 0 spiro atoms. The molecule has 0 saturated carbocycles. The van der Waals surface area contributed by atoms with E-state index in [2.05, 4.69) is 25.7 Å². The number of carbonyl (C=O) groups is 1. The van der Waals surface area contributed by atoms with Crippen LogP contribution < -0.4 is 0 Å². The van der Waals surface area contributed by atoms with Crippen molar-refractivity contribution in [2.24, 2.45) is 0 Å². The molecule has 0 aromatic heterocycles. The van der Waals surface area contributed by atoms with Gasteiger partial charge in [-0.2, -0.15) is 0 Å². The van der Waals surface area contributed by atoms with Gasteiger partial charge in [0.1, 0.15) is 13.2 Å². The molecule has 0 aromatic rings. The van der Waals surface area contributed by atoms with E-state index in [-0.39, 0.29) is 6.10 Å². The zero-order valence-corrected chi connectivity index (χ0v) is 7.84. The number of hydrogen-bond donors (Lipinski definition) is 0. The molecule has 3 nitrogen and oxygen atoms in total. The van der Waals surface area contributed by atoms with Gasteiger partial charge < -0.3 is 9.47 Å². The first-order chi connectivity index (χ1) is 5.74. The molecule has 0 N–H and O–H groups in total. The van der Waals surface area contributed by atoms with Gasteiger partial charge in [0, 0.05) is 0 Å². The molecule has 12 heavy (non-hydrogen) atoms. The van der Waals surface area contributed by atoms with E-state index in [0.717, 1.165) is 25.7 Å². The summed E-state index contributed by atoms with van der Waals surface area (Å²) < 4.78 is 9.12. The predicted molar refractivity (Wildman–Crippen MR) is 46.5 cm³/mol. The number of ether oxygens (including phenoxy) is 2. The van der Waals surface area contributed by atoms with Crippen LogP contribution in [0.25, 0.3) is 0 Å². The smallest absolute Gasteiger partial charge is 0.431 e. The normalized spacial score (nSPS) is 10.0. The molecule has 0 atom stereocenters. The molecule has 0 saturated heterocycles. The molecular formula is C9H17O3. The lowest BCUT2D eigenvalue weighted by Gasteiger charge is -2.14. The first-order valence-corrected chi connectivity index (χ1v) is 4.37. The van der Waals surface area contributed by atoms with Gasteiger partial charge in [0.25, 0.3) is 0 Å². The molecule has 0 rings (SSSR count). The maximum Gasteiger partial charge on any atom is 0.508 e. The van der Waals surface area contributed by atoms with Gasteiger partial charge in [-0.05, 0) is 12.8 Å². The van der Waals surface area contributed by atoms with Crippen LogP contribution >= 0.6 is 0 Å². The van der Waals surface area contributed by atoms with Crippen LogP contribution in [0.2, 0.25) is 0 Å². The summed E-state index contributed by atoms with van der Waals surface area (Å²) in [4.78, 5) is 10.7. The minimum absolute atomic E-state index is 0.00532. The summed E-state index contributed by atoms with van der Waals surface area (Å²) in [5.41, 5.74) is 0. The van der Waals surface area contributed by atoms with E-state index in [0.29, 0.717) is 0 Å². The van der Waals surface area contributed by atoms with Gasteiger partial charge >= 0.3 is 6.16 Å². The SMILES string of the molecule is [CH2]OC(=O)OC(CCC)CCC. The van der Waals surface area contributed by atoms with E-state index >= 15 is 0 Å². The average molecular weight is 173 g/mol. The fourth-order valence-corrected chi connectivity index (χ4v) is 1.08. The Labute approximate surface area is 74.0 Å². The third-order valence-corrected chi connectivity index (χ3v) is 1.60. The third-order valence-electron chi connectivity index (χ3n) is 1.60. The maximum atomic E-state index is 10.7. The molecule has 0 amide bonds. The van der Waals surface area contributed by atoms with Crippen molar-refractivity contribution in [2.75, 3.05) is 0 Å². The largest absolute Gasteiger partial charge is 0.508 e. The van der Waals surface area contributed by atoms with Gasteiger partial charge in [-0.15, -0.1) is 0 Å². The van der Waals surface area contributed by atoms with Crippen LogP contribution in [0.5, 0.6) is 0 Å². The van der Waals surface area contributed by atoms with Crippen molar-refractivity contribution in [3.8, 4) is 0 Å². The van der Waals surface area contributed by atoms with Crippen molar-refractivity contribution < 1.29 is 14.3 Å². The van der Waals surface area contributed by atoms with Gasteiger partial charge in [-0.1, -0.05) is 26.7 Å². The van der Waals surface area contributed by atoms with Crippen LogP contribution in [-0.4, -0.2) is 12.3 Å². The van der Waals surface area contributed by atoms with Crippen LogP contribution in [0, 0.1) is 7.11 Å². The second-order valence-corrected chi connectivity index (χ2v) is 2.71. The third kappa shape index (κ3) is 4.99. The number of hydrogen-bond acceptors (Lipinski definition) is 3. The summed E-state index contributed by atoms with van der Waals surface area (Å²) in [6.07, 6.45) is 3.12. The Morgan fingerprint density at radius 3 is 2.17 bits per heavy atom. The molecular weight excluding hydrogens is 156 g/mol. The molecule has 0 aromatic carbocycles. The van der Waals surface area contributed by atoms with Crippen molar-refractivity contribution in [1.29, 1.82) is 0 Å². The Kier molecular flexibility index (Phi) is 6.53. The highest BCUT2D eigenvalue weighted by Crippen LogP contribution is 2.09. The van der Waals surface area contributed by atoms with Crippen molar-refractivity contribution in [1.82, 2.24) is 0 Å². The zero-order valence-electron chi connectivity index (χ0n) is 7.84. The van der Waals surface area contributed by atoms with Crippen molar-refractivity contribution >= 4 is 6.16 Å². The molecule has 0 bridgehead atoms. The molecule has 0 aliphatic carbocycles. The van der Waals surface area contributed by atoms with Crippen LogP contribution in [-0.2, 0) is 9.47 Å². The molecule has 0 unspecified atom stereocenters. The van der Waals surface area contributed by atoms with Gasteiger partial charge in [-0.3, -0.25) is 0 Å². The van der Waals surface area contributed by atoms with Crippen LogP contribution in [0.15, 0.2) is 0 Å².